The van der Waals surface area contributed by atoms with Gasteiger partial charge in [-0.3, -0.25) is 4.72 Å². The van der Waals surface area contributed by atoms with Crippen LogP contribution < -0.4 is 4.72 Å². The number of halogens is 2. The zero-order valence-corrected chi connectivity index (χ0v) is 9.11. The van der Waals surface area contributed by atoms with E-state index in [0.29, 0.717) is 0 Å². The Kier molecular flexibility index (Phi) is 3.44. The largest absolute Gasteiger partial charge is 0.277 e. The zero-order chi connectivity index (χ0) is 12.3. The second-order valence-corrected chi connectivity index (χ2v) is 4.79. The number of nitrogens with one attached hydrogen (secondary N) is 1. The van der Waals surface area contributed by atoms with Crippen molar-refractivity contribution in [1.82, 2.24) is 0 Å². The number of aryl methyl sites for hydroxylation is 1. The SMILES string of the molecule is Cc1ccc(F)c(NS(=O)(=O)CC#N)c1F. The number of nitrogens with zero attached hydrogens (tertiary/aromatic N) is 1. The smallest absolute Gasteiger partial charge is 0.246 e. The Morgan fingerprint density at radius 1 is 1.44 bits per heavy atom. The molecule has 0 saturated heterocycles. The minimum Gasteiger partial charge on any atom is -0.277 e. The van der Waals surface area contributed by atoms with Crippen molar-refractivity contribution in [3.63, 3.8) is 0 Å². The molecule has 0 aliphatic carbocycles. The van der Waals surface area contributed by atoms with Crippen LogP contribution in [0.4, 0.5) is 14.5 Å². The van der Waals surface area contributed by atoms with Crippen molar-refractivity contribution in [3.8, 4) is 6.07 Å². The molecule has 0 fully saturated rings. The van der Waals surface area contributed by atoms with Gasteiger partial charge in [0.2, 0.25) is 10.0 Å². The van der Waals surface area contributed by atoms with E-state index >= 15 is 0 Å². The molecule has 0 aromatic heterocycles. The Morgan fingerprint density at radius 3 is 2.62 bits per heavy atom. The lowest BCUT2D eigenvalue weighted by Crippen LogP contribution is -2.17. The van der Waals surface area contributed by atoms with Gasteiger partial charge in [-0.2, -0.15) is 5.26 Å². The molecule has 0 amide bonds. The van der Waals surface area contributed by atoms with Gasteiger partial charge < -0.3 is 0 Å². The number of benzene rings is 1. The van der Waals surface area contributed by atoms with E-state index in [9.17, 15) is 17.2 Å². The lowest BCUT2D eigenvalue weighted by molar-refractivity contribution is 0.579. The van der Waals surface area contributed by atoms with Gasteiger partial charge in [0.1, 0.15) is 11.5 Å². The van der Waals surface area contributed by atoms with Gasteiger partial charge in [0.05, 0.1) is 6.07 Å². The molecule has 1 aromatic rings. The predicted molar refractivity (Wildman–Crippen MR) is 54.1 cm³/mol. The van der Waals surface area contributed by atoms with Crippen LogP contribution in [-0.2, 0) is 10.0 Å². The fourth-order valence-corrected chi connectivity index (χ4v) is 1.77. The van der Waals surface area contributed by atoms with E-state index in [1.54, 1.807) is 4.72 Å². The molecule has 0 saturated carbocycles. The number of hydrogen-bond donors (Lipinski definition) is 1. The summed E-state index contributed by atoms with van der Waals surface area (Å²) in [6, 6.07) is 3.52. The van der Waals surface area contributed by atoms with Crippen LogP contribution in [0.15, 0.2) is 12.1 Å². The Hall–Kier alpha value is -1.68. The molecule has 1 aromatic carbocycles. The van der Waals surface area contributed by atoms with E-state index in [1.165, 1.54) is 19.1 Å². The molecule has 0 heterocycles. The molecule has 0 aliphatic rings. The van der Waals surface area contributed by atoms with Crippen LogP contribution in [0, 0.1) is 29.9 Å². The normalized spacial score (nSPS) is 10.9. The minimum absolute atomic E-state index is 0.107. The molecule has 1 rings (SSSR count). The quantitative estimate of drug-likeness (QED) is 0.879. The third kappa shape index (κ3) is 2.67. The summed E-state index contributed by atoms with van der Waals surface area (Å²) in [5, 5.41) is 8.22. The highest BCUT2D eigenvalue weighted by Gasteiger charge is 2.17. The Balaban J connectivity index is 3.17. The van der Waals surface area contributed by atoms with E-state index in [-0.39, 0.29) is 5.56 Å². The van der Waals surface area contributed by atoms with Gasteiger partial charge in [0, 0.05) is 0 Å². The van der Waals surface area contributed by atoms with Gasteiger partial charge in [0.15, 0.2) is 11.6 Å². The number of sulfonamides is 1. The zero-order valence-electron chi connectivity index (χ0n) is 8.29. The molecular weight excluding hydrogens is 238 g/mol. The van der Waals surface area contributed by atoms with Crippen LogP contribution in [0.2, 0.25) is 0 Å². The van der Waals surface area contributed by atoms with Crippen LogP contribution in [0.5, 0.6) is 0 Å². The van der Waals surface area contributed by atoms with Crippen molar-refractivity contribution >= 4 is 15.7 Å². The summed E-state index contributed by atoms with van der Waals surface area (Å²) >= 11 is 0. The topological polar surface area (TPSA) is 70.0 Å². The molecule has 0 atom stereocenters. The third-order valence-corrected chi connectivity index (χ3v) is 2.82. The van der Waals surface area contributed by atoms with Crippen LogP contribution in [0.25, 0.3) is 0 Å². The lowest BCUT2D eigenvalue weighted by Gasteiger charge is -2.08. The second-order valence-electron chi connectivity index (χ2n) is 3.07. The second kappa shape index (κ2) is 4.45. The number of anilines is 1. The molecule has 0 bridgehead atoms. The fraction of sp³-hybridized carbons (Fsp3) is 0.222. The van der Waals surface area contributed by atoms with Gasteiger partial charge in [-0.1, -0.05) is 6.07 Å². The molecule has 0 unspecified atom stereocenters. The Bertz CT molecular complexity index is 549. The lowest BCUT2D eigenvalue weighted by atomic mass is 10.2. The summed E-state index contributed by atoms with van der Waals surface area (Å²) in [7, 11) is -4.04. The van der Waals surface area contributed by atoms with Crippen molar-refractivity contribution in [2.24, 2.45) is 0 Å². The molecule has 7 heteroatoms. The standard InChI is InChI=1S/C9H8F2N2O2S/c1-6-2-3-7(10)9(8(6)11)13-16(14,15)5-4-12/h2-3,13H,5H2,1H3. The summed E-state index contributed by atoms with van der Waals surface area (Å²) in [6.45, 7) is 1.37. The van der Waals surface area contributed by atoms with Gasteiger partial charge in [-0.15, -0.1) is 0 Å². The monoisotopic (exact) mass is 246 g/mol. The Morgan fingerprint density at radius 2 is 2.06 bits per heavy atom. The molecule has 4 nitrogen and oxygen atoms in total. The highest BCUT2D eigenvalue weighted by Crippen LogP contribution is 2.22. The van der Waals surface area contributed by atoms with Crippen LogP contribution >= 0.6 is 0 Å². The number of rotatable bonds is 3. The summed E-state index contributed by atoms with van der Waals surface area (Å²) < 4.78 is 50.5. The van der Waals surface area contributed by atoms with Crippen molar-refractivity contribution in [2.45, 2.75) is 6.92 Å². The fourth-order valence-electron chi connectivity index (χ4n) is 1.03. The van der Waals surface area contributed by atoms with Crippen LogP contribution in [-0.4, -0.2) is 14.2 Å². The molecule has 0 aliphatic heterocycles. The van der Waals surface area contributed by atoms with E-state index in [0.717, 1.165) is 6.07 Å². The third-order valence-electron chi connectivity index (χ3n) is 1.80. The first-order chi connectivity index (χ1) is 7.37. The van der Waals surface area contributed by atoms with E-state index in [1.807, 2.05) is 0 Å². The summed E-state index contributed by atoms with van der Waals surface area (Å²) in [5.41, 5.74) is -0.647. The average molecular weight is 246 g/mol. The van der Waals surface area contributed by atoms with Gasteiger partial charge in [-0.05, 0) is 18.6 Å². The Labute approximate surface area is 91.6 Å². The van der Waals surface area contributed by atoms with Crippen molar-refractivity contribution < 1.29 is 17.2 Å². The van der Waals surface area contributed by atoms with Crippen LogP contribution in [0.3, 0.4) is 0 Å². The maximum Gasteiger partial charge on any atom is 0.246 e. The predicted octanol–water partition coefficient (Wildman–Crippen LogP) is 1.54. The van der Waals surface area contributed by atoms with E-state index < -0.39 is 33.1 Å². The number of hydrogen-bond acceptors (Lipinski definition) is 3. The first kappa shape index (κ1) is 12.4. The minimum atomic E-state index is -4.04. The molecule has 0 spiro atoms. The summed E-state index contributed by atoms with van der Waals surface area (Å²) in [6.07, 6.45) is 0. The molecule has 1 N–H and O–H groups in total. The molecule has 16 heavy (non-hydrogen) atoms. The van der Waals surface area contributed by atoms with Crippen molar-refractivity contribution in [3.05, 3.63) is 29.3 Å². The molecule has 86 valence electrons. The van der Waals surface area contributed by atoms with Crippen LogP contribution in [0.1, 0.15) is 5.56 Å². The molecular formula is C9H8F2N2O2S. The van der Waals surface area contributed by atoms with Crippen molar-refractivity contribution in [2.75, 3.05) is 10.5 Å². The summed E-state index contributed by atoms with van der Waals surface area (Å²) in [5.74, 6) is -2.87. The van der Waals surface area contributed by atoms with Gasteiger partial charge >= 0.3 is 0 Å². The summed E-state index contributed by atoms with van der Waals surface area (Å²) in [4.78, 5) is 0. The maximum absolute atomic E-state index is 13.4. The first-order valence-corrected chi connectivity index (χ1v) is 5.84. The molecule has 0 radical (unpaired) electrons. The van der Waals surface area contributed by atoms with Crippen molar-refractivity contribution in [1.29, 1.82) is 5.26 Å². The maximum atomic E-state index is 13.4. The highest BCUT2D eigenvalue weighted by atomic mass is 32.2. The first-order valence-electron chi connectivity index (χ1n) is 4.19. The number of nitriles is 1. The van der Waals surface area contributed by atoms with E-state index in [4.69, 9.17) is 5.26 Å². The highest BCUT2D eigenvalue weighted by molar-refractivity contribution is 7.92. The average Bonchev–Trinajstić information content (AvgIpc) is 2.19. The van der Waals surface area contributed by atoms with Gasteiger partial charge in [-0.25, -0.2) is 17.2 Å². The van der Waals surface area contributed by atoms with E-state index in [2.05, 4.69) is 0 Å². The van der Waals surface area contributed by atoms with Gasteiger partial charge in [0.25, 0.3) is 0 Å².